The van der Waals surface area contributed by atoms with E-state index in [1.165, 1.54) is 19.3 Å². The highest BCUT2D eigenvalue weighted by Crippen LogP contribution is 2.32. The van der Waals surface area contributed by atoms with Crippen LogP contribution in [0.2, 0.25) is 0 Å². The van der Waals surface area contributed by atoms with Gasteiger partial charge in [-0.05, 0) is 44.0 Å². The van der Waals surface area contributed by atoms with E-state index in [1.54, 1.807) is 16.4 Å². The summed E-state index contributed by atoms with van der Waals surface area (Å²) >= 11 is 0. The molecule has 1 saturated heterocycles. The summed E-state index contributed by atoms with van der Waals surface area (Å²) in [6.45, 7) is 6.32. The Labute approximate surface area is 273 Å². The molecule has 6 rings (SSSR count). The molecule has 0 saturated carbocycles. The Hall–Kier alpha value is -5.28. The first-order valence-corrected chi connectivity index (χ1v) is 15.5. The van der Waals surface area contributed by atoms with Crippen molar-refractivity contribution >= 4 is 40.2 Å². The van der Waals surface area contributed by atoms with Gasteiger partial charge in [-0.3, -0.25) is 14.4 Å². The molecule has 252 valence electrons. The van der Waals surface area contributed by atoms with Crippen molar-refractivity contribution in [1.82, 2.24) is 29.4 Å². The molecule has 0 bridgehead atoms. The van der Waals surface area contributed by atoms with Crippen LogP contribution in [0.5, 0.6) is 5.75 Å². The largest absolute Gasteiger partial charge is 0.504 e. The molecule has 0 radical (unpaired) electrons. The van der Waals surface area contributed by atoms with Crippen LogP contribution in [0.3, 0.4) is 0 Å². The highest BCUT2D eigenvalue weighted by molar-refractivity contribution is 5.95. The van der Waals surface area contributed by atoms with Gasteiger partial charge in [0.2, 0.25) is 11.3 Å². The van der Waals surface area contributed by atoms with E-state index >= 15 is 0 Å². The summed E-state index contributed by atoms with van der Waals surface area (Å²) in [7, 11) is 1.86. The topological polar surface area (TPSA) is 150 Å². The molecule has 5 heterocycles. The van der Waals surface area contributed by atoms with E-state index in [2.05, 4.69) is 15.3 Å². The van der Waals surface area contributed by atoms with E-state index in [4.69, 9.17) is 9.97 Å². The van der Waals surface area contributed by atoms with Crippen molar-refractivity contribution in [2.75, 3.05) is 54.9 Å². The number of carbonyl (C=O) groups excluding carboxylic acids is 2. The monoisotopic (exact) mass is 665 g/mol. The summed E-state index contributed by atoms with van der Waals surface area (Å²) < 4.78 is 41.3. The minimum absolute atomic E-state index is 0.0908. The number of hydrogen-bond acceptors (Lipinski definition) is 10. The minimum Gasteiger partial charge on any atom is -0.504 e. The lowest BCUT2D eigenvalue weighted by Crippen LogP contribution is -2.50. The third-order valence-electron chi connectivity index (χ3n) is 8.81. The number of benzene rings is 1. The molecule has 2 aliphatic heterocycles. The van der Waals surface area contributed by atoms with Crippen molar-refractivity contribution in [3.05, 3.63) is 68.7 Å². The lowest BCUT2D eigenvalue weighted by molar-refractivity contribution is -0.137. The number of fused-ring (bicyclic) bond motifs is 2. The van der Waals surface area contributed by atoms with Gasteiger partial charge in [0.1, 0.15) is 18.6 Å². The van der Waals surface area contributed by atoms with Gasteiger partial charge in [-0.25, -0.2) is 19.9 Å². The number of nitrogens with zero attached hydrogens (tertiary/aromatic N) is 8. The molecule has 1 fully saturated rings. The average Bonchev–Trinajstić information content (AvgIpc) is 3.42. The lowest BCUT2D eigenvalue weighted by Gasteiger charge is -2.37. The second-order valence-corrected chi connectivity index (χ2v) is 11.9. The summed E-state index contributed by atoms with van der Waals surface area (Å²) in [5.74, 6) is -0.666. The predicted molar refractivity (Wildman–Crippen MR) is 172 cm³/mol. The highest BCUT2D eigenvalue weighted by atomic mass is 19.4. The van der Waals surface area contributed by atoms with Crippen LogP contribution in [-0.4, -0.2) is 86.1 Å². The van der Waals surface area contributed by atoms with Crippen LogP contribution in [-0.2, 0) is 30.4 Å². The standard InChI is InChI=1S/C32H34F3N9O4/c1-5-22-26(42-10-12-43(13-11-42)31(48)25-27(46)18(3)36-16-37-25)28(47)24-30(39-21-8-9-41(4)29(21)40-24)44(22)15-23(45)38-20-7-6-19(14-17(20)2)32(33,34)35/h6-7,14,16,46H,5,8-13,15H2,1-4H3,(H,38,45). The van der Waals surface area contributed by atoms with Crippen LogP contribution in [0.25, 0.3) is 11.2 Å². The summed E-state index contributed by atoms with van der Waals surface area (Å²) in [5, 5.41) is 13.1. The zero-order valence-corrected chi connectivity index (χ0v) is 26.8. The van der Waals surface area contributed by atoms with E-state index in [1.807, 2.05) is 23.8 Å². The number of hydrogen-bond donors (Lipinski definition) is 2. The van der Waals surface area contributed by atoms with Crippen molar-refractivity contribution in [2.24, 2.45) is 0 Å². The molecule has 0 atom stereocenters. The number of aryl methyl sites for hydroxylation is 2. The highest BCUT2D eigenvalue weighted by Gasteiger charge is 2.32. The Bertz CT molecular complexity index is 2010. The number of alkyl halides is 3. The van der Waals surface area contributed by atoms with Crippen molar-refractivity contribution in [3.8, 4) is 5.75 Å². The normalized spacial score (nSPS) is 14.9. The van der Waals surface area contributed by atoms with Gasteiger partial charge in [0.25, 0.3) is 5.91 Å². The molecular weight excluding hydrogens is 631 g/mol. The first-order chi connectivity index (χ1) is 22.8. The van der Waals surface area contributed by atoms with Crippen LogP contribution in [0.4, 0.5) is 30.4 Å². The third kappa shape index (κ3) is 5.86. The molecule has 2 N–H and O–H groups in total. The summed E-state index contributed by atoms with van der Waals surface area (Å²) in [6, 6.07) is 3.11. The van der Waals surface area contributed by atoms with Crippen LogP contribution in [0.15, 0.2) is 29.3 Å². The molecule has 0 unspecified atom stereocenters. The maximum absolute atomic E-state index is 14.2. The van der Waals surface area contributed by atoms with E-state index in [0.29, 0.717) is 42.3 Å². The minimum atomic E-state index is -4.52. The van der Waals surface area contributed by atoms with Crippen LogP contribution < -0.4 is 20.5 Å². The fraction of sp³-hybridized carbons (Fsp3) is 0.406. The predicted octanol–water partition coefficient (Wildman–Crippen LogP) is 3.08. The van der Waals surface area contributed by atoms with Gasteiger partial charge < -0.3 is 29.7 Å². The fourth-order valence-corrected chi connectivity index (χ4v) is 6.22. The average molecular weight is 666 g/mol. The molecule has 2 amide bonds. The Morgan fingerprint density at radius 1 is 1.04 bits per heavy atom. The first-order valence-electron chi connectivity index (χ1n) is 15.5. The zero-order valence-electron chi connectivity index (χ0n) is 26.8. The molecule has 2 aliphatic rings. The molecule has 16 heteroatoms. The number of pyridine rings is 1. The Kier molecular flexibility index (Phi) is 8.43. The van der Waals surface area contributed by atoms with Gasteiger partial charge in [-0.15, -0.1) is 0 Å². The number of piperazine rings is 1. The Balaban J connectivity index is 1.36. The van der Waals surface area contributed by atoms with E-state index in [9.17, 15) is 32.7 Å². The SMILES string of the molecule is CCc1c(N2CCN(C(=O)c3ncnc(C)c3O)CC2)c(=O)c2nc3c(nc2n1CC(=O)Nc1ccc(C(F)(F)F)cc1C)CCN3C. The number of carbonyl (C=O) groups is 2. The van der Waals surface area contributed by atoms with Crippen molar-refractivity contribution in [2.45, 2.75) is 46.3 Å². The number of aromatic nitrogens is 5. The number of rotatable bonds is 6. The van der Waals surface area contributed by atoms with E-state index in [-0.39, 0.29) is 77.7 Å². The van der Waals surface area contributed by atoms with Crippen LogP contribution in [0.1, 0.15) is 45.6 Å². The number of anilines is 3. The quantitative estimate of drug-likeness (QED) is 0.315. The fourth-order valence-electron chi connectivity index (χ4n) is 6.22. The summed E-state index contributed by atoms with van der Waals surface area (Å²) in [5.41, 5.74) is 1.41. The molecular formula is C32H34F3N9O4. The second-order valence-electron chi connectivity index (χ2n) is 11.9. The van der Waals surface area contributed by atoms with Gasteiger partial charge in [-0.1, -0.05) is 6.92 Å². The summed E-state index contributed by atoms with van der Waals surface area (Å²) in [6.07, 6.45) is -2.34. The number of amides is 2. The van der Waals surface area contributed by atoms with Gasteiger partial charge in [0, 0.05) is 57.6 Å². The van der Waals surface area contributed by atoms with Gasteiger partial charge in [-0.2, -0.15) is 13.2 Å². The van der Waals surface area contributed by atoms with Crippen molar-refractivity contribution in [3.63, 3.8) is 0 Å². The molecule has 0 aliphatic carbocycles. The van der Waals surface area contributed by atoms with Gasteiger partial charge in [0.15, 0.2) is 28.4 Å². The van der Waals surface area contributed by atoms with Crippen molar-refractivity contribution in [1.29, 1.82) is 0 Å². The Morgan fingerprint density at radius 2 is 1.77 bits per heavy atom. The lowest BCUT2D eigenvalue weighted by atomic mass is 10.1. The van der Waals surface area contributed by atoms with E-state index < -0.39 is 23.6 Å². The molecule has 1 aromatic carbocycles. The number of aromatic hydroxyl groups is 1. The molecule has 0 spiro atoms. The number of nitrogens with one attached hydrogen (secondary N) is 1. The van der Waals surface area contributed by atoms with Crippen molar-refractivity contribution < 1.29 is 27.9 Å². The number of likely N-dealkylation sites (N-methyl/N-ethyl adjacent to an activating group) is 1. The maximum atomic E-state index is 14.2. The summed E-state index contributed by atoms with van der Waals surface area (Å²) in [4.78, 5) is 63.7. The van der Waals surface area contributed by atoms with Gasteiger partial charge >= 0.3 is 6.18 Å². The maximum Gasteiger partial charge on any atom is 0.416 e. The third-order valence-corrected chi connectivity index (χ3v) is 8.81. The van der Waals surface area contributed by atoms with Crippen LogP contribution in [0, 0.1) is 13.8 Å². The smallest absolute Gasteiger partial charge is 0.416 e. The molecule has 3 aromatic heterocycles. The molecule has 13 nitrogen and oxygen atoms in total. The molecule has 48 heavy (non-hydrogen) atoms. The van der Waals surface area contributed by atoms with Crippen LogP contribution >= 0.6 is 0 Å². The van der Waals surface area contributed by atoms with E-state index in [0.717, 1.165) is 12.1 Å². The van der Waals surface area contributed by atoms with Gasteiger partial charge in [0.05, 0.1) is 17.0 Å². The number of halogens is 3. The second kappa shape index (κ2) is 12.4. The Morgan fingerprint density at radius 3 is 2.44 bits per heavy atom. The molecule has 4 aromatic rings. The zero-order chi connectivity index (χ0) is 34.5. The first kappa shape index (κ1) is 32.7.